The number of anilines is 1. The van der Waals surface area contributed by atoms with Crippen LogP contribution in [-0.4, -0.2) is 22.1 Å². The van der Waals surface area contributed by atoms with E-state index in [9.17, 15) is 14.7 Å². The van der Waals surface area contributed by atoms with Crippen LogP contribution in [-0.2, 0) is 10.4 Å². The van der Waals surface area contributed by atoms with Crippen LogP contribution in [0.4, 0.5) is 5.69 Å². The molecule has 96 valence electrons. The molecule has 0 bridgehead atoms. The van der Waals surface area contributed by atoms with Gasteiger partial charge < -0.3 is 19.9 Å². The maximum Gasteiger partial charge on any atom is 0.339 e. The van der Waals surface area contributed by atoms with Crippen LogP contribution in [0.3, 0.4) is 0 Å². The van der Waals surface area contributed by atoms with Gasteiger partial charge in [-0.3, -0.25) is 4.79 Å². The number of carbonyl (C=O) groups excluding carboxylic acids is 1. The number of rotatable bonds is 2. The van der Waals surface area contributed by atoms with Gasteiger partial charge in [0, 0.05) is 11.3 Å². The SMILES string of the molecule is O=C(O)c1ccoc1C1(O)C(=O)Nc2ccccc21. The summed E-state index contributed by atoms with van der Waals surface area (Å²) in [6, 6.07) is 7.71. The number of fused-ring (bicyclic) bond motifs is 1. The van der Waals surface area contributed by atoms with Crippen LogP contribution in [0.5, 0.6) is 0 Å². The molecule has 0 radical (unpaired) electrons. The second-order valence-electron chi connectivity index (χ2n) is 4.18. The highest BCUT2D eigenvalue weighted by molar-refractivity contribution is 6.08. The van der Waals surface area contributed by atoms with Gasteiger partial charge in [-0.1, -0.05) is 18.2 Å². The van der Waals surface area contributed by atoms with Crippen molar-refractivity contribution in [3.63, 3.8) is 0 Å². The Morgan fingerprint density at radius 1 is 1.26 bits per heavy atom. The fourth-order valence-electron chi connectivity index (χ4n) is 2.23. The predicted octanol–water partition coefficient (Wildman–Crippen LogP) is 1.17. The van der Waals surface area contributed by atoms with Crippen molar-refractivity contribution in [3.05, 3.63) is 53.5 Å². The summed E-state index contributed by atoms with van der Waals surface area (Å²) in [5.74, 6) is -2.29. The van der Waals surface area contributed by atoms with Crippen LogP contribution in [0.2, 0.25) is 0 Å². The zero-order valence-electron chi connectivity index (χ0n) is 9.58. The Morgan fingerprint density at radius 3 is 2.74 bits per heavy atom. The summed E-state index contributed by atoms with van der Waals surface area (Å²) >= 11 is 0. The van der Waals surface area contributed by atoms with Crippen LogP contribution >= 0.6 is 0 Å². The van der Waals surface area contributed by atoms with E-state index in [1.165, 1.54) is 6.07 Å². The summed E-state index contributed by atoms with van der Waals surface area (Å²) in [5.41, 5.74) is -1.65. The first kappa shape index (κ1) is 11.5. The van der Waals surface area contributed by atoms with Gasteiger partial charge in [-0.05, 0) is 12.1 Å². The molecule has 1 aliphatic rings. The highest BCUT2D eigenvalue weighted by Gasteiger charge is 2.51. The molecule has 2 aromatic rings. The molecule has 2 heterocycles. The van der Waals surface area contributed by atoms with E-state index in [-0.39, 0.29) is 16.9 Å². The quantitative estimate of drug-likeness (QED) is 0.751. The Bertz CT molecular complexity index is 690. The summed E-state index contributed by atoms with van der Waals surface area (Å²) in [6.07, 6.45) is 1.13. The lowest BCUT2D eigenvalue weighted by atomic mass is 9.90. The predicted molar refractivity (Wildman–Crippen MR) is 63.7 cm³/mol. The second kappa shape index (κ2) is 3.69. The minimum Gasteiger partial charge on any atom is -0.478 e. The van der Waals surface area contributed by atoms with Crippen molar-refractivity contribution in [2.75, 3.05) is 5.32 Å². The van der Waals surface area contributed by atoms with E-state index in [1.54, 1.807) is 24.3 Å². The van der Waals surface area contributed by atoms with Crippen LogP contribution in [0, 0.1) is 0 Å². The summed E-state index contributed by atoms with van der Waals surface area (Å²) in [5, 5.41) is 22.2. The van der Waals surface area contributed by atoms with Gasteiger partial charge in [0.2, 0.25) is 5.60 Å². The molecule has 6 heteroatoms. The highest BCUT2D eigenvalue weighted by atomic mass is 16.4. The Kier molecular flexibility index (Phi) is 2.23. The van der Waals surface area contributed by atoms with Crippen molar-refractivity contribution in [2.45, 2.75) is 5.60 Å². The standard InChI is InChI=1S/C13H9NO5/c15-11(16)7-5-6-19-10(7)13(18)8-3-1-2-4-9(8)14-12(13)17/h1-6,18H,(H,14,17)(H,15,16). The minimum atomic E-state index is -2.12. The fourth-order valence-corrected chi connectivity index (χ4v) is 2.23. The van der Waals surface area contributed by atoms with E-state index >= 15 is 0 Å². The molecule has 0 aliphatic carbocycles. The van der Waals surface area contributed by atoms with Crippen molar-refractivity contribution in [2.24, 2.45) is 0 Å². The van der Waals surface area contributed by atoms with Crippen molar-refractivity contribution in [1.29, 1.82) is 0 Å². The number of furan rings is 1. The topological polar surface area (TPSA) is 99.8 Å². The highest BCUT2D eigenvalue weighted by Crippen LogP contribution is 2.42. The fraction of sp³-hybridized carbons (Fsp3) is 0.0769. The van der Waals surface area contributed by atoms with Gasteiger partial charge in [0.15, 0.2) is 5.76 Å². The number of hydrogen-bond donors (Lipinski definition) is 3. The molecule has 0 spiro atoms. The lowest BCUT2D eigenvalue weighted by molar-refractivity contribution is -0.131. The number of amides is 1. The van der Waals surface area contributed by atoms with Crippen molar-refractivity contribution in [3.8, 4) is 0 Å². The Labute approximate surface area is 107 Å². The van der Waals surface area contributed by atoms with Crippen molar-refractivity contribution in [1.82, 2.24) is 0 Å². The third kappa shape index (κ3) is 1.40. The summed E-state index contributed by atoms with van der Waals surface area (Å²) in [4.78, 5) is 23.1. The van der Waals surface area contributed by atoms with E-state index in [2.05, 4.69) is 5.32 Å². The number of nitrogens with one attached hydrogen (secondary N) is 1. The zero-order valence-corrected chi connectivity index (χ0v) is 9.58. The number of carboxylic acid groups (broad SMARTS) is 1. The average Bonchev–Trinajstić information content (AvgIpc) is 2.95. The molecule has 3 N–H and O–H groups in total. The molecule has 3 rings (SSSR count). The Balaban J connectivity index is 2.26. The number of benzene rings is 1. The number of hydrogen-bond acceptors (Lipinski definition) is 4. The third-order valence-corrected chi connectivity index (χ3v) is 3.12. The first-order chi connectivity index (χ1) is 9.05. The first-order valence-electron chi connectivity index (χ1n) is 5.49. The van der Waals surface area contributed by atoms with Gasteiger partial charge in [0.1, 0.15) is 5.56 Å². The average molecular weight is 259 g/mol. The molecular weight excluding hydrogens is 250 g/mol. The largest absolute Gasteiger partial charge is 0.478 e. The van der Waals surface area contributed by atoms with E-state index < -0.39 is 17.5 Å². The van der Waals surface area contributed by atoms with Gasteiger partial charge in [0.25, 0.3) is 5.91 Å². The smallest absolute Gasteiger partial charge is 0.339 e. The lowest BCUT2D eigenvalue weighted by Gasteiger charge is -2.18. The molecular formula is C13H9NO5. The molecule has 1 unspecified atom stereocenters. The lowest BCUT2D eigenvalue weighted by Crippen LogP contribution is -2.36. The monoisotopic (exact) mass is 259 g/mol. The van der Waals surface area contributed by atoms with Crippen molar-refractivity contribution >= 4 is 17.6 Å². The summed E-state index contributed by atoms with van der Waals surface area (Å²) in [7, 11) is 0. The molecule has 6 nitrogen and oxygen atoms in total. The minimum absolute atomic E-state index is 0.241. The zero-order chi connectivity index (χ0) is 13.6. The Hall–Kier alpha value is -2.60. The molecule has 19 heavy (non-hydrogen) atoms. The number of carboxylic acids is 1. The van der Waals surface area contributed by atoms with Gasteiger partial charge in [-0.15, -0.1) is 0 Å². The van der Waals surface area contributed by atoms with Crippen LogP contribution in [0.15, 0.2) is 41.0 Å². The number of aromatic carboxylic acids is 1. The number of carbonyl (C=O) groups is 2. The third-order valence-electron chi connectivity index (χ3n) is 3.12. The molecule has 1 aromatic carbocycles. The van der Waals surface area contributed by atoms with E-state index in [0.717, 1.165) is 6.26 Å². The molecule has 0 saturated heterocycles. The molecule has 1 atom stereocenters. The maximum atomic E-state index is 12.0. The Morgan fingerprint density at radius 2 is 2.00 bits per heavy atom. The van der Waals surface area contributed by atoms with Gasteiger partial charge in [-0.2, -0.15) is 0 Å². The summed E-state index contributed by atoms with van der Waals surface area (Å²) < 4.78 is 5.05. The maximum absolute atomic E-state index is 12.0. The van der Waals surface area contributed by atoms with Gasteiger partial charge in [-0.25, -0.2) is 4.79 Å². The van der Waals surface area contributed by atoms with Crippen LogP contribution in [0.1, 0.15) is 21.7 Å². The van der Waals surface area contributed by atoms with Crippen LogP contribution in [0.25, 0.3) is 0 Å². The molecule has 0 fully saturated rings. The molecule has 1 amide bonds. The molecule has 1 aromatic heterocycles. The molecule has 1 aliphatic heterocycles. The van der Waals surface area contributed by atoms with E-state index in [1.807, 2.05) is 0 Å². The summed E-state index contributed by atoms with van der Waals surface area (Å²) in [6.45, 7) is 0. The van der Waals surface area contributed by atoms with E-state index in [4.69, 9.17) is 9.52 Å². The second-order valence-corrected chi connectivity index (χ2v) is 4.18. The first-order valence-corrected chi connectivity index (χ1v) is 5.49. The van der Waals surface area contributed by atoms with Gasteiger partial charge in [0.05, 0.1) is 6.26 Å². The number of para-hydroxylation sites is 1. The van der Waals surface area contributed by atoms with Crippen molar-refractivity contribution < 1.29 is 24.2 Å². The normalized spacial score (nSPS) is 21.0. The number of aliphatic hydroxyl groups is 1. The van der Waals surface area contributed by atoms with E-state index in [0.29, 0.717) is 5.69 Å². The van der Waals surface area contributed by atoms with Gasteiger partial charge >= 0.3 is 5.97 Å². The molecule has 0 saturated carbocycles. The van der Waals surface area contributed by atoms with Crippen LogP contribution < -0.4 is 5.32 Å².